The van der Waals surface area contributed by atoms with Crippen LogP contribution in [0, 0.1) is 0 Å². The Morgan fingerprint density at radius 1 is 0.455 bits per heavy atom. The molecule has 0 bridgehead atoms. The second-order valence-electron chi connectivity index (χ2n) is 11.9. The van der Waals surface area contributed by atoms with E-state index in [9.17, 15) is 0 Å². The van der Waals surface area contributed by atoms with Crippen LogP contribution in [0.2, 0.25) is 0 Å². The van der Waals surface area contributed by atoms with E-state index in [1.54, 1.807) is 0 Å². The zero-order chi connectivity index (χ0) is 29.4. The first-order chi connectivity index (χ1) is 21.6. The molecule has 0 radical (unpaired) electrons. The Hall–Kier alpha value is -5.54. The number of furan rings is 2. The van der Waals surface area contributed by atoms with Gasteiger partial charge in [-0.05, 0) is 64.0 Å². The van der Waals surface area contributed by atoms with Crippen molar-refractivity contribution < 1.29 is 8.83 Å². The molecule has 0 spiro atoms. The Morgan fingerprint density at radius 2 is 1.09 bits per heavy atom. The quantitative estimate of drug-likeness (QED) is 0.212. The summed E-state index contributed by atoms with van der Waals surface area (Å²) in [6, 6.07) is 47.4. The van der Waals surface area contributed by atoms with Gasteiger partial charge < -0.3 is 13.7 Å². The molecule has 0 saturated heterocycles. The largest absolute Gasteiger partial charge is 0.456 e. The summed E-state index contributed by atoms with van der Waals surface area (Å²) < 4.78 is 13.0. The van der Waals surface area contributed by atoms with Gasteiger partial charge in [0.05, 0.1) is 5.69 Å². The van der Waals surface area contributed by atoms with Crippen LogP contribution in [-0.4, -0.2) is 0 Å². The molecular weight excluding hydrogens is 538 g/mol. The molecule has 3 heteroatoms. The third-order valence-corrected chi connectivity index (χ3v) is 9.03. The number of nitrogens with zero attached hydrogens (tertiary/aromatic N) is 1. The Labute approximate surface area is 254 Å². The fourth-order valence-corrected chi connectivity index (χ4v) is 6.86. The lowest BCUT2D eigenvalue weighted by molar-refractivity contribution is 0.669. The van der Waals surface area contributed by atoms with Crippen LogP contribution in [0.25, 0.3) is 65.4 Å². The first-order valence-corrected chi connectivity index (χ1v) is 15.2. The maximum absolute atomic E-state index is 6.65. The molecule has 0 atom stereocenters. The SMILES string of the molecule is CC(C)c1ccc(N(c2ccc3c(c2)oc2ccccc23)c2cc3oc4ccc5ccccc5c4c3c3ccccc23)cc1. The summed E-state index contributed by atoms with van der Waals surface area (Å²) in [5, 5.41) is 9.31. The lowest BCUT2D eigenvalue weighted by atomic mass is 9.97. The van der Waals surface area contributed by atoms with E-state index in [2.05, 4.69) is 140 Å². The highest BCUT2D eigenvalue weighted by Gasteiger charge is 2.22. The first-order valence-electron chi connectivity index (χ1n) is 15.2. The van der Waals surface area contributed by atoms with Crippen LogP contribution in [0.3, 0.4) is 0 Å². The number of hydrogen-bond donors (Lipinski definition) is 0. The highest BCUT2D eigenvalue weighted by molar-refractivity contribution is 6.28. The summed E-state index contributed by atoms with van der Waals surface area (Å²) in [5.41, 5.74) is 8.02. The Kier molecular flexibility index (Phi) is 5.39. The topological polar surface area (TPSA) is 29.5 Å². The monoisotopic (exact) mass is 567 g/mol. The normalized spacial score (nSPS) is 12.1. The fourth-order valence-electron chi connectivity index (χ4n) is 6.86. The Bertz CT molecular complexity index is 2530. The lowest BCUT2D eigenvalue weighted by Crippen LogP contribution is -2.10. The number of anilines is 3. The summed E-state index contributed by atoms with van der Waals surface area (Å²) in [6.07, 6.45) is 0. The maximum atomic E-state index is 6.65. The van der Waals surface area contributed by atoms with Gasteiger partial charge in [0, 0.05) is 50.4 Å². The van der Waals surface area contributed by atoms with Gasteiger partial charge in [-0.1, -0.05) is 98.8 Å². The summed E-state index contributed by atoms with van der Waals surface area (Å²) in [5.74, 6) is 0.451. The van der Waals surface area contributed by atoms with Crippen LogP contribution < -0.4 is 4.90 Å². The van der Waals surface area contributed by atoms with E-state index in [4.69, 9.17) is 8.83 Å². The van der Waals surface area contributed by atoms with Gasteiger partial charge in [-0.2, -0.15) is 0 Å². The third kappa shape index (κ3) is 3.69. The van der Waals surface area contributed by atoms with Crippen LogP contribution in [-0.2, 0) is 0 Å². The molecule has 0 aliphatic heterocycles. The standard InChI is InChI=1S/C41H29NO2/c1-25(2)26-15-18-28(19-16-26)42(29-20-21-33-32-12-7-8-14-36(32)43-38(33)23-29)35-24-39-41(34-13-6-5-11-31(34)35)40-30-10-4-3-9-27(30)17-22-37(40)44-39/h3-25H,1-2H3. The van der Waals surface area contributed by atoms with E-state index in [0.29, 0.717) is 5.92 Å². The fraction of sp³-hybridized carbons (Fsp3) is 0.0732. The Balaban J connectivity index is 1.36. The van der Waals surface area contributed by atoms with Gasteiger partial charge in [-0.3, -0.25) is 0 Å². The summed E-state index contributed by atoms with van der Waals surface area (Å²) in [7, 11) is 0. The molecule has 0 fully saturated rings. The van der Waals surface area contributed by atoms with Crippen molar-refractivity contribution in [2.24, 2.45) is 0 Å². The van der Waals surface area contributed by atoms with Gasteiger partial charge in [0.25, 0.3) is 0 Å². The molecule has 9 rings (SSSR count). The van der Waals surface area contributed by atoms with E-state index in [1.165, 1.54) is 21.7 Å². The van der Waals surface area contributed by atoms with Crippen molar-refractivity contribution >= 4 is 82.5 Å². The minimum Gasteiger partial charge on any atom is -0.456 e. The molecule has 7 aromatic carbocycles. The van der Waals surface area contributed by atoms with Gasteiger partial charge in [-0.25, -0.2) is 0 Å². The summed E-state index contributed by atoms with van der Waals surface area (Å²) in [4.78, 5) is 2.34. The second kappa shape index (κ2) is 9.48. The number of hydrogen-bond acceptors (Lipinski definition) is 3. The number of rotatable bonds is 4. The van der Waals surface area contributed by atoms with Crippen molar-refractivity contribution in [1.29, 1.82) is 0 Å². The smallest absolute Gasteiger partial charge is 0.138 e. The minimum absolute atomic E-state index is 0.451. The van der Waals surface area contributed by atoms with E-state index in [-0.39, 0.29) is 0 Å². The minimum atomic E-state index is 0.451. The molecule has 2 aromatic heterocycles. The van der Waals surface area contributed by atoms with Crippen molar-refractivity contribution in [2.75, 3.05) is 4.90 Å². The molecule has 0 N–H and O–H groups in total. The van der Waals surface area contributed by atoms with Crippen LogP contribution in [0.4, 0.5) is 17.1 Å². The van der Waals surface area contributed by atoms with Crippen LogP contribution in [0.1, 0.15) is 25.3 Å². The van der Waals surface area contributed by atoms with Crippen molar-refractivity contribution in [3.05, 3.63) is 139 Å². The Morgan fingerprint density at radius 3 is 1.91 bits per heavy atom. The van der Waals surface area contributed by atoms with E-state index in [1.807, 2.05) is 12.1 Å². The molecule has 0 unspecified atom stereocenters. The zero-order valence-electron chi connectivity index (χ0n) is 24.5. The second-order valence-corrected chi connectivity index (χ2v) is 11.9. The molecular formula is C41H29NO2. The molecule has 0 aliphatic rings. The van der Waals surface area contributed by atoms with Crippen molar-refractivity contribution in [3.63, 3.8) is 0 Å². The molecule has 44 heavy (non-hydrogen) atoms. The summed E-state index contributed by atoms with van der Waals surface area (Å²) in [6.45, 7) is 4.46. The average molecular weight is 568 g/mol. The predicted molar refractivity (Wildman–Crippen MR) is 185 cm³/mol. The highest BCUT2D eigenvalue weighted by atomic mass is 16.3. The van der Waals surface area contributed by atoms with Gasteiger partial charge in [-0.15, -0.1) is 0 Å². The number of para-hydroxylation sites is 1. The van der Waals surface area contributed by atoms with Gasteiger partial charge in [0.15, 0.2) is 0 Å². The van der Waals surface area contributed by atoms with E-state index in [0.717, 1.165) is 66.3 Å². The van der Waals surface area contributed by atoms with Crippen LogP contribution in [0.15, 0.2) is 142 Å². The third-order valence-electron chi connectivity index (χ3n) is 9.03. The van der Waals surface area contributed by atoms with Gasteiger partial charge >= 0.3 is 0 Å². The van der Waals surface area contributed by atoms with Crippen LogP contribution >= 0.6 is 0 Å². The van der Waals surface area contributed by atoms with Crippen molar-refractivity contribution in [3.8, 4) is 0 Å². The highest BCUT2D eigenvalue weighted by Crippen LogP contribution is 2.46. The van der Waals surface area contributed by atoms with Crippen molar-refractivity contribution in [2.45, 2.75) is 19.8 Å². The molecule has 9 aromatic rings. The zero-order valence-corrected chi connectivity index (χ0v) is 24.5. The average Bonchev–Trinajstić information content (AvgIpc) is 3.63. The van der Waals surface area contributed by atoms with E-state index >= 15 is 0 Å². The first kappa shape index (κ1) is 25.0. The van der Waals surface area contributed by atoms with E-state index < -0.39 is 0 Å². The van der Waals surface area contributed by atoms with Crippen LogP contribution in [0.5, 0.6) is 0 Å². The molecule has 210 valence electrons. The molecule has 0 saturated carbocycles. The van der Waals surface area contributed by atoms with Crippen molar-refractivity contribution in [1.82, 2.24) is 0 Å². The summed E-state index contributed by atoms with van der Waals surface area (Å²) >= 11 is 0. The molecule has 2 heterocycles. The molecule has 0 amide bonds. The molecule has 0 aliphatic carbocycles. The predicted octanol–water partition coefficient (Wildman–Crippen LogP) is 12.4. The molecule has 3 nitrogen and oxygen atoms in total. The maximum Gasteiger partial charge on any atom is 0.138 e. The lowest BCUT2D eigenvalue weighted by Gasteiger charge is -2.27. The number of fused-ring (bicyclic) bond motifs is 10. The van der Waals surface area contributed by atoms with Gasteiger partial charge in [0.1, 0.15) is 22.3 Å². The van der Waals surface area contributed by atoms with Gasteiger partial charge in [0.2, 0.25) is 0 Å². The number of benzene rings is 7.